The molecule has 0 bridgehead atoms. The van der Waals surface area contributed by atoms with Gasteiger partial charge < -0.3 is 5.73 Å². The van der Waals surface area contributed by atoms with Crippen LogP contribution >= 0.6 is 0 Å². The number of hydrogen-bond donors (Lipinski definition) is 1. The number of Topliss-reactive ketones (excluding diaryl/α,β-unsaturated/α-hetero) is 1. The first-order chi connectivity index (χ1) is 7.03. The van der Waals surface area contributed by atoms with Crippen LogP contribution in [0.25, 0.3) is 0 Å². The van der Waals surface area contributed by atoms with Crippen LogP contribution < -0.4 is 5.73 Å². The van der Waals surface area contributed by atoms with Crippen molar-refractivity contribution in [2.24, 2.45) is 11.1 Å². The van der Waals surface area contributed by atoms with Crippen molar-refractivity contribution >= 4 is 5.78 Å². The number of carbonyl (C=O) groups is 1. The summed E-state index contributed by atoms with van der Waals surface area (Å²) in [4.78, 5) is 16.2. The van der Waals surface area contributed by atoms with Crippen molar-refractivity contribution in [3.05, 3.63) is 29.6 Å². The summed E-state index contributed by atoms with van der Waals surface area (Å²) in [5.41, 5.74) is 6.84. The van der Waals surface area contributed by atoms with E-state index < -0.39 is 5.41 Å². The van der Waals surface area contributed by atoms with Gasteiger partial charge in [-0.1, -0.05) is 13.8 Å². The molecule has 1 atom stereocenters. The molecule has 2 N–H and O–H groups in total. The van der Waals surface area contributed by atoms with Crippen LogP contribution in [0.1, 0.15) is 36.2 Å². The van der Waals surface area contributed by atoms with E-state index in [1.165, 1.54) is 0 Å². The number of pyridine rings is 1. The molecule has 0 saturated heterocycles. The number of aryl methyl sites for hydroxylation is 1. The lowest BCUT2D eigenvalue weighted by atomic mass is 9.80. The Morgan fingerprint density at radius 2 is 2.20 bits per heavy atom. The average Bonchev–Trinajstić information content (AvgIpc) is 2.27. The average molecular weight is 206 g/mol. The van der Waals surface area contributed by atoms with Crippen LogP contribution in [0.2, 0.25) is 0 Å². The highest BCUT2D eigenvalue weighted by Crippen LogP contribution is 2.24. The number of hydrogen-bond acceptors (Lipinski definition) is 3. The molecule has 0 aliphatic carbocycles. The van der Waals surface area contributed by atoms with E-state index in [9.17, 15) is 4.79 Å². The first kappa shape index (κ1) is 11.9. The van der Waals surface area contributed by atoms with Crippen molar-refractivity contribution in [3.63, 3.8) is 0 Å². The van der Waals surface area contributed by atoms with Gasteiger partial charge in [0, 0.05) is 29.9 Å². The Labute approximate surface area is 90.7 Å². The van der Waals surface area contributed by atoms with E-state index in [1.807, 2.05) is 26.8 Å². The van der Waals surface area contributed by atoms with Crippen LogP contribution in [0.3, 0.4) is 0 Å². The molecule has 1 aromatic rings. The zero-order valence-electron chi connectivity index (χ0n) is 9.58. The molecule has 0 aromatic carbocycles. The minimum absolute atomic E-state index is 0.0868. The lowest BCUT2D eigenvalue weighted by molar-refractivity contribution is 0.0819. The summed E-state index contributed by atoms with van der Waals surface area (Å²) in [5.74, 6) is 0.0868. The van der Waals surface area contributed by atoms with Crippen molar-refractivity contribution in [2.75, 3.05) is 6.54 Å². The minimum atomic E-state index is -0.463. The van der Waals surface area contributed by atoms with Crippen molar-refractivity contribution in [1.29, 1.82) is 0 Å². The number of nitrogens with zero attached hydrogens (tertiary/aromatic N) is 1. The molecule has 1 heterocycles. The van der Waals surface area contributed by atoms with E-state index in [4.69, 9.17) is 5.73 Å². The molecule has 82 valence electrons. The third-order valence-corrected chi connectivity index (χ3v) is 2.92. The fourth-order valence-corrected chi connectivity index (χ4v) is 1.43. The first-order valence-corrected chi connectivity index (χ1v) is 5.20. The molecule has 3 heteroatoms. The zero-order chi connectivity index (χ0) is 11.5. The number of carbonyl (C=O) groups excluding carboxylic acids is 1. The topological polar surface area (TPSA) is 56.0 Å². The van der Waals surface area contributed by atoms with Crippen LogP contribution in [0.15, 0.2) is 18.5 Å². The molecule has 1 aromatic heterocycles. The molecule has 15 heavy (non-hydrogen) atoms. The number of nitrogens with two attached hydrogens (primary N) is 1. The van der Waals surface area contributed by atoms with Crippen LogP contribution in [-0.2, 0) is 0 Å². The number of rotatable bonds is 4. The summed E-state index contributed by atoms with van der Waals surface area (Å²) in [6, 6.07) is 1.86. The summed E-state index contributed by atoms with van der Waals surface area (Å²) in [7, 11) is 0. The predicted octanol–water partition coefficient (Wildman–Crippen LogP) is 1.95. The van der Waals surface area contributed by atoms with E-state index in [1.54, 1.807) is 12.4 Å². The lowest BCUT2D eigenvalue weighted by Crippen LogP contribution is -2.35. The third kappa shape index (κ3) is 2.42. The maximum atomic E-state index is 12.2. The molecule has 0 aliphatic rings. The number of ketones is 1. The van der Waals surface area contributed by atoms with Gasteiger partial charge in [-0.05, 0) is 25.0 Å². The van der Waals surface area contributed by atoms with Gasteiger partial charge in [0.05, 0.1) is 0 Å². The molecular formula is C12H18N2O. The Balaban J connectivity index is 3.03. The van der Waals surface area contributed by atoms with E-state index in [-0.39, 0.29) is 5.78 Å². The van der Waals surface area contributed by atoms with Gasteiger partial charge in [-0.25, -0.2) is 0 Å². The van der Waals surface area contributed by atoms with Gasteiger partial charge in [-0.2, -0.15) is 0 Å². The number of aromatic nitrogens is 1. The highest BCUT2D eigenvalue weighted by Gasteiger charge is 2.30. The van der Waals surface area contributed by atoms with Crippen LogP contribution in [0.4, 0.5) is 0 Å². The van der Waals surface area contributed by atoms with Crippen molar-refractivity contribution in [2.45, 2.75) is 27.2 Å². The fourth-order valence-electron chi connectivity index (χ4n) is 1.43. The van der Waals surface area contributed by atoms with Crippen LogP contribution in [0, 0.1) is 12.3 Å². The Kier molecular flexibility index (Phi) is 3.58. The molecule has 1 unspecified atom stereocenters. The fraction of sp³-hybridized carbons (Fsp3) is 0.500. The maximum absolute atomic E-state index is 12.2. The van der Waals surface area contributed by atoms with Gasteiger partial charge in [0.15, 0.2) is 5.78 Å². The Hall–Kier alpha value is -1.22. The van der Waals surface area contributed by atoms with E-state index >= 15 is 0 Å². The summed E-state index contributed by atoms with van der Waals surface area (Å²) < 4.78 is 0. The summed E-state index contributed by atoms with van der Waals surface area (Å²) in [6.07, 6.45) is 4.09. The Morgan fingerprint density at radius 3 is 2.67 bits per heavy atom. The molecule has 0 spiro atoms. The second-order valence-electron chi connectivity index (χ2n) is 4.20. The van der Waals surface area contributed by atoms with Gasteiger partial charge in [0.1, 0.15) is 0 Å². The highest BCUT2D eigenvalue weighted by molar-refractivity contribution is 6.00. The van der Waals surface area contributed by atoms with Crippen LogP contribution in [0.5, 0.6) is 0 Å². The molecular weight excluding hydrogens is 188 g/mol. The quantitative estimate of drug-likeness (QED) is 0.766. The van der Waals surface area contributed by atoms with Crippen molar-refractivity contribution in [1.82, 2.24) is 4.98 Å². The molecule has 1 rings (SSSR count). The highest BCUT2D eigenvalue weighted by atomic mass is 16.1. The standard InChI is InChI=1S/C12H18N2O/c1-4-12(3,8-13)11(15)10-5-9(2)6-14-7-10/h5-7H,4,8,13H2,1-3H3. The molecule has 3 nitrogen and oxygen atoms in total. The molecule has 0 amide bonds. The second kappa shape index (κ2) is 4.53. The normalized spacial score (nSPS) is 14.7. The Morgan fingerprint density at radius 1 is 1.53 bits per heavy atom. The molecule has 0 saturated carbocycles. The summed E-state index contributed by atoms with van der Waals surface area (Å²) in [6.45, 7) is 6.18. The van der Waals surface area contributed by atoms with Crippen LogP contribution in [-0.4, -0.2) is 17.3 Å². The monoisotopic (exact) mass is 206 g/mol. The maximum Gasteiger partial charge on any atom is 0.171 e. The lowest BCUT2D eigenvalue weighted by Gasteiger charge is -2.24. The van der Waals surface area contributed by atoms with Gasteiger partial charge in [-0.15, -0.1) is 0 Å². The summed E-state index contributed by atoms with van der Waals surface area (Å²) in [5, 5.41) is 0. The minimum Gasteiger partial charge on any atom is -0.329 e. The molecule has 0 aliphatic heterocycles. The third-order valence-electron chi connectivity index (χ3n) is 2.92. The largest absolute Gasteiger partial charge is 0.329 e. The van der Waals surface area contributed by atoms with Crippen molar-refractivity contribution < 1.29 is 4.79 Å². The van der Waals surface area contributed by atoms with Gasteiger partial charge in [-0.3, -0.25) is 9.78 Å². The van der Waals surface area contributed by atoms with Gasteiger partial charge in [0.25, 0.3) is 0 Å². The molecule has 0 radical (unpaired) electrons. The Bertz CT molecular complexity index is 356. The van der Waals surface area contributed by atoms with E-state index in [2.05, 4.69) is 4.98 Å². The van der Waals surface area contributed by atoms with E-state index in [0.29, 0.717) is 12.1 Å². The first-order valence-electron chi connectivity index (χ1n) is 5.20. The van der Waals surface area contributed by atoms with E-state index in [0.717, 1.165) is 12.0 Å². The van der Waals surface area contributed by atoms with Crippen molar-refractivity contribution in [3.8, 4) is 0 Å². The smallest absolute Gasteiger partial charge is 0.171 e. The summed E-state index contributed by atoms with van der Waals surface area (Å²) >= 11 is 0. The molecule has 0 fully saturated rings. The van der Waals surface area contributed by atoms with Gasteiger partial charge >= 0.3 is 0 Å². The zero-order valence-corrected chi connectivity index (χ0v) is 9.58. The SMILES string of the molecule is CCC(C)(CN)C(=O)c1cncc(C)c1. The predicted molar refractivity (Wildman–Crippen MR) is 60.8 cm³/mol. The second-order valence-corrected chi connectivity index (χ2v) is 4.20. The van der Waals surface area contributed by atoms with Gasteiger partial charge in [0.2, 0.25) is 0 Å².